The number of aromatic nitrogens is 4. The van der Waals surface area contributed by atoms with Gasteiger partial charge in [-0.1, -0.05) is 13.3 Å². The zero-order valence-corrected chi connectivity index (χ0v) is 28.0. The van der Waals surface area contributed by atoms with Gasteiger partial charge in [0.25, 0.3) is 5.91 Å². The minimum absolute atomic E-state index is 0.0119. The summed E-state index contributed by atoms with van der Waals surface area (Å²) in [6.45, 7) is 6.89. The normalized spacial score (nSPS) is 23.0. The highest BCUT2D eigenvalue weighted by Gasteiger charge is 2.47. The Morgan fingerprint density at radius 3 is 2.55 bits per heavy atom. The maximum absolute atomic E-state index is 13.8. The number of nitrogens with two attached hydrogens (primary N) is 1. The monoisotopic (exact) mass is 637 g/mol. The summed E-state index contributed by atoms with van der Waals surface area (Å²) in [7, 11) is 1.65. The fourth-order valence-electron chi connectivity index (χ4n) is 8.61. The highest BCUT2D eigenvalue weighted by molar-refractivity contribution is 5.97. The number of amides is 2. The van der Waals surface area contributed by atoms with E-state index in [-0.39, 0.29) is 35.9 Å². The first-order valence-electron chi connectivity index (χ1n) is 17.8. The molecule has 10 nitrogen and oxygen atoms in total. The molecular weight excluding hydrogens is 590 g/mol. The molecule has 10 heteroatoms. The lowest BCUT2D eigenvalue weighted by atomic mass is 9.94. The van der Waals surface area contributed by atoms with Gasteiger partial charge in [0.05, 0.1) is 18.5 Å². The van der Waals surface area contributed by atoms with E-state index in [4.69, 9.17) is 20.4 Å². The lowest BCUT2D eigenvalue weighted by Gasteiger charge is -2.23. The van der Waals surface area contributed by atoms with Crippen LogP contribution in [0.2, 0.25) is 0 Å². The first kappa shape index (κ1) is 30.4. The Labute approximate surface area is 276 Å². The van der Waals surface area contributed by atoms with Crippen molar-refractivity contribution in [3.63, 3.8) is 0 Å². The first-order valence-corrected chi connectivity index (χ1v) is 17.8. The molecule has 4 aromatic rings. The largest absolute Gasteiger partial charge is 0.482 e. The van der Waals surface area contributed by atoms with E-state index in [0.717, 1.165) is 98.4 Å². The second-order valence-corrected chi connectivity index (χ2v) is 14.4. The van der Waals surface area contributed by atoms with Crippen LogP contribution in [0.25, 0.3) is 28.1 Å². The third kappa shape index (κ3) is 5.29. The molecule has 4 aliphatic rings. The summed E-state index contributed by atoms with van der Waals surface area (Å²) in [5.41, 5.74) is 12.5. The molecule has 2 N–H and O–H groups in total. The highest BCUT2D eigenvalue weighted by Crippen LogP contribution is 2.40. The molecule has 7 heterocycles. The Bertz CT molecular complexity index is 1850. The van der Waals surface area contributed by atoms with Crippen LogP contribution in [0, 0.1) is 12.8 Å². The van der Waals surface area contributed by atoms with Crippen LogP contribution in [0.4, 0.5) is 0 Å². The topological polar surface area (TPSA) is 111 Å². The molecule has 1 aliphatic carbocycles. The molecule has 248 valence electrons. The van der Waals surface area contributed by atoms with Crippen molar-refractivity contribution in [2.75, 3.05) is 20.2 Å². The number of aryl methyl sites for hydroxylation is 1. The van der Waals surface area contributed by atoms with Gasteiger partial charge in [-0.15, -0.1) is 0 Å². The molecule has 1 unspecified atom stereocenters. The number of rotatable bonds is 10. The van der Waals surface area contributed by atoms with Crippen molar-refractivity contribution >= 4 is 28.5 Å². The fraction of sp³-hybridized carbons (Fsp3) is 0.568. The number of likely N-dealkylation sites (tertiary alicyclic amines) is 1. The zero-order valence-electron chi connectivity index (χ0n) is 28.0. The van der Waals surface area contributed by atoms with E-state index in [9.17, 15) is 9.59 Å². The molecule has 4 fully saturated rings. The van der Waals surface area contributed by atoms with Gasteiger partial charge in [0.2, 0.25) is 5.91 Å². The van der Waals surface area contributed by atoms with Gasteiger partial charge in [0, 0.05) is 72.8 Å². The van der Waals surface area contributed by atoms with Gasteiger partial charge in [-0.05, 0) is 88.5 Å². The average Bonchev–Trinajstić information content (AvgIpc) is 3.48. The molecule has 47 heavy (non-hydrogen) atoms. The fourth-order valence-corrected chi connectivity index (χ4v) is 8.61. The summed E-state index contributed by atoms with van der Waals surface area (Å²) in [6, 6.07) is 10.6. The predicted molar refractivity (Wildman–Crippen MR) is 182 cm³/mol. The number of imidazole rings is 1. The Kier molecular flexibility index (Phi) is 7.73. The number of fused-ring (bicyclic) bond motifs is 4. The van der Waals surface area contributed by atoms with E-state index in [1.54, 1.807) is 7.11 Å². The van der Waals surface area contributed by atoms with E-state index in [0.29, 0.717) is 29.4 Å². The van der Waals surface area contributed by atoms with Crippen molar-refractivity contribution < 1.29 is 14.3 Å². The number of carbonyl (C=O) groups excluding carboxylic acids is 2. The Morgan fingerprint density at radius 2 is 1.87 bits per heavy atom. The van der Waals surface area contributed by atoms with Crippen molar-refractivity contribution in [1.82, 2.24) is 28.7 Å². The van der Waals surface area contributed by atoms with Crippen LogP contribution in [-0.2, 0) is 11.3 Å². The Morgan fingerprint density at radius 1 is 1.06 bits per heavy atom. The van der Waals surface area contributed by atoms with E-state index in [1.807, 2.05) is 26.3 Å². The smallest absolute Gasteiger partial charge is 0.254 e. The molecule has 3 saturated heterocycles. The maximum Gasteiger partial charge on any atom is 0.254 e. The van der Waals surface area contributed by atoms with Gasteiger partial charge in [-0.2, -0.15) is 0 Å². The lowest BCUT2D eigenvalue weighted by Crippen LogP contribution is -2.40. The highest BCUT2D eigenvalue weighted by atomic mass is 16.5. The van der Waals surface area contributed by atoms with Crippen LogP contribution < -0.4 is 10.5 Å². The molecule has 0 aromatic carbocycles. The third-order valence-electron chi connectivity index (χ3n) is 11.3. The van der Waals surface area contributed by atoms with Crippen molar-refractivity contribution in [3.8, 4) is 17.3 Å². The molecule has 4 atom stereocenters. The quantitative estimate of drug-likeness (QED) is 0.240. The number of nitrogens with zero attached hydrogens (tertiary/aromatic N) is 6. The number of hydrogen-bond donors (Lipinski definition) is 1. The second-order valence-electron chi connectivity index (χ2n) is 14.4. The van der Waals surface area contributed by atoms with Crippen molar-refractivity contribution in [2.24, 2.45) is 11.7 Å². The average molecular weight is 638 g/mol. The van der Waals surface area contributed by atoms with Crippen LogP contribution in [0.3, 0.4) is 0 Å². The van der Waals surface area contributed by atoms with Gasteiger partial charge < -0.3 is 24.8 Å². The number of hydrogen-bond acceptors (Lipinski definition) is 6. The standard InChI is InChI=1S/C37H47N7O3/c1-4-7-24(18-33(45)41-14-5-6-15-41)29-12-10-25-16-31(42(36(25)39-29)21-23-8-9-23)35-22(2)43-32(40-35)17-26(19-34(43)47-3)37(46)44-27-11-13-30(44)28(38)20-27/h10,12,16-17,19,23-24,27-28,30H,4-9,11,13-15,18,20-21,38H2,1-3H3/t24?,27-,28+,30+/m0/s1. The summed E-state index contributed by atoms with van der Waals surface area (Å²) >= 11 is 0. The first-order chi connectivity index (χ1) is 22.8. The summed E-state index contributed by atoms with van der Waals surface area (Å²) in [5, 5.41) is 1.07. The number of ether oxygens (including phenoxy) is 1. The van der Waals surface area contributed by atoms with Gasteiger partial charge in [-0.25, -0.2) is 9.97 Å². The van der Waals surface area contributed by atoms with Gasteiger partial charge in [0.1, 0.15) is 17.0 Å². The van der Waals surface area contributed by atoms with Crippen LogP contribution in [0.15, 0.2) is 30.3 Å². The van der Waals surface area contributed by atoms with E-state index < -0.39 is 0 Å². The maximum atomic E-state index is 13.8. The van der Waals surface area contributed by atoms with Crippen molar-refractivity contribution in [1.29, 1.82) is 0 Å². The summed E-state index contributed by atoms with van der Waals surface area (Å²) in [6.07, 6.45) is 9.95. The number of pyridine rings is 2. The van der Waals surface area contributed by atoms with E-state index in [1.165, 1.54) is 12.8 Å². The minimum atomic E-state index is 0.0119. The molecule has 0 radical (unpaired) electrons. The summed E-state index contributed by atoms with van der Waals surface area (Å²) < 4.78 is 10.2. The Balaban J connectivity index is 1.18. The van der Waals surface area contributed by atoms with E-state index in [2.05, 4.69) is 36.6 Å². The third-order valence-corrected chi connectivity index (χ3v) is 11.3. The minimum Gasteiger partial charge on any atom is -0.482 e. The predicted octanol–water partition coefficient (Wildman–Crippen LogP) is 5.68. The lowest BCUT2D eigenvalue weighted by molar-refractivity contribution is -0.130. The van der Waals surface area contributed by atoms with Gasteiger partial charge in [-0.3, -0.25) is 14.0 Å². The van der Waals surface area contributed by atoms with Crippen LogP contribution in [0.1, 0.15) is 98.8 Å². The van der Waals surface area contributed by atoms with E-state index >= 15 is 0 Å². The molecule has 2 amide bonds. The number of methoxy groups -OCH3 is 1. The molecular formula is C37H47N7O3. The van der Waals surface area contributed by atoms with Crippen molar-refractivity contribution in [3.05, 3.63) is 47.3 Å². The van der Waals surface area contributed by atoms with Gasteiger partial charge in [0.15, 0.2) is 5.88 Å². The van der Waals surface area contributed by atoms with Gasteiger partial charge >= 0.3 is 0 Å². The number of carbonyl (C=O) groups is 2. The zero-order chi connectivity index (χ0) is 32.4. The molecule has 3 aliphatic heterocycles. The molecule has 0 spiro atoms. The second kappa shape index (κ2) is 12.0. The molecule has 2 bridgehead atoms. The summed E-state index contributed by atoms with van der Waals surface area (Å²) in [4.78, 5) is 41.5. The molecule has 1 saturated carbocycles. The Hall–Kier alpha value is -3.92. The molecule has 4 aromatic heterocycles. The van der Waals surface area contributed by atoms with Crippen LogP contribution >= 0.6 is 0 Å². The summed E-state index contributed by atoms with van der Waals surface area (Å²) in [5.74, 6) is 1.58. The van der Waals surface area contributed by atoms with Crippen molar-refractivity contribution in [2.45, 2.75) is 109 Å². The van der Waals surface area contributed by atoms with Crippen LogP contribution in [-0.4, -0.2) is 78.9 Å². The SMILES string of the molecule is CCCC(CC(=O)N1CCCC1)c1ccc2cc(-c3nc4cc(C(=O)N5[C@H]6CC[C@@H]5[C@H](N)C6)cc(OC)n4c3C)n(CC3CC3)c2n1. The van der Waals surface area contributed by atoms with Crippen LogP contribution in [0.5, 0.6) is 5.88 Å². The molecule has 8 rings (SSSR count).